The van der Waals surface area contributed by atoms with Crippen molar-refractivity contribution in [3.8, 4) is 6.07 Å². The molecule has 0 spiro atoms. The van der Waals surface area contributed by atoms with Gasteiger partial charge in [-0.1, -0.05) is 6.07 Å². The fourth-order valence-electron chi connectivity index (χ4n) is 0.809. The van der Waals surface area contributed by atoms with Crippen molar-refractivity contribution in [2.75, 3.05) is 10.5 Å². The van der Waals surface area contributed by atoms with Crippen LogP contribution < -0.4 is 4.72 Å². The molecule has 6 heteroatoms. The van der Waals surface area contributed by atoms with E-state index in [1.165, 1.54) is 0 Å². The van der Waals surface area contributed by atoms with E-state index < -0.39 is 15.8 Å². The lowest BCUT2D eigenvalue weighted by molar-refractivity contribution is 0.604. The normalized spacial score (nSPS) is 10.6. The molecule has 0 aliphatic carbocycles. The van der Waals surface area contributed by atoms with Crippen LogP contribution in [0.4, 0.5) is 5.82 Å². The summed E-state index contributed by atoms with van der Waals surface area (Å²) in [5.41, 5.74) is 0.938. The van der Waals surface area contributed by atoms with Gasteiger partial charge in [-0.3, -0.25) is 4.72 Å². The third-order valence-corrected chi connectivity index (χ3v) is 2.46. The Hall–Kier alpha value is -1.61. The van der Waals surface area contributed by atoms with Crippen molar-refractivity contribution in [2.24, 2.45) is 0 Å². The van der Waals surface area contributed by atoms with Gasteiger partial charge in [0.2, 0.25) is 10.0 Å². The first-order valence-corrected chi connectivity index (χ1v) is 5.49. The molecule has 74 valence electrons. The summed E-state index contributed by atoms with van der Waals surface area (Å²) in [6.07, 6.45) is 1.55. The van der Waals surface area contributed by atoms with Crippen molar-refractivity contribution in [1.82, 2.24) is 4.98 Å². The maximum atomic E-state index is 11.1. The second-order valence-electron chi connectivity index (χ2n) is 2.74. The molecule has 0 radical (unpaired) electrons. The number of aryl methyl sites for hydroxylation is 1. The van der Waals surface area contributed by atoms with Gasteiger partial charge < -0.3 is 0 Å². The predicted molar refractivity (Wildman–Crippen MR) is 52.0 cm³/mol. The van der Waals surface area contributed by atoms with Crippen LogP contribution >= 0.6 is 0 Å². The van der Waals surface area contributed by atoms with Gasteiger partial charge in [0.15, 0.2) is 5.75 Å². The number of aromatic nitrogens is 1. The van der Waals surface area contributed by atoms with Gasteiger partial charge in [0.1, 0.15) is 5.82 Å². The summed E-state index contributed by atoms with van der Waals surface area (Å²) >= 11 is 0. The van der Waals surface area contributed by atoms with Crippen LogP contribution in [0.15, 0.2) is 18.3 Å². The van der Waals surface area contributed by atoms with Crippen LogP contribution in [0.2, 0.25) is 0 Å². The van der Waals surface area contributed by atoms with Gasteiger partial charge in [0.05, 0.1) is 6.07 Å². The van der Waals surface area contributed by atoms with Gasteiger partial charge in [-0.15, -0.1) is 0 Å². The molecular formula is C8H9N3O2S. The summed E-state index contributed by atoms with van der Waals surface area (Å²) in [5, 5.41) is 8.23. The Morgan fingerprint density at radius 3 is 2.79 bits per heavy atom. The highest BCUT2D eigenvalue weighted by molar-refractivity contribution is 7.92. The molecule has 0 aliphatic rings. The molecule has 14 heavy (non-hydrogen) atoms. The standard InChI is InChI=1S/C8H9N3O2S/c1-7-2-3-8(10-6-7)11-14(12,13)5-4-9/h2-3,6H,5H2,1H3,(H,10,11). The van der Waals surface area contributed by atoms with E-state index >= 15 is 0 Å². The third-order valence-electron chi connectivity index (χ3n) is 1.43. The molecule has 0 bridgehead atoms. The number of nitrogens with one attached hydrogen (secondary N) is 1. The van der Waals surface area contributed by atoms with Gasteiger partial charge in [0, 0.05) is 6.20 Å². The van der Waals surface area contributed by atoms with Crippen LogP contribution in [0, 0.1) is 18.3 Å². The summed E-state index contributed by atoms with van der Waals surface area (Å²) in [5.74, 6) is -0.339. The first-order chi connectivity index (χ1) is 6.53. The molecule has 1 aromatic heterocycles. The number of hydrogen-bond donors (Lipinski definition) is 1. The van der Waals surface area contributed by atoms with E-state index in [-0.39, 0.29) is 5.82 Å². The fraction of sp³-hybridized carbons (Fsp3) is 0.250. The molecule has 0 saturated heterocycles. The van der Waals surface area contributed by atoms with Crippen molar-refractivity contribution < 1.29 is 8.42 Å². The van der Waals surface area contributed by atoms with E-state index in [9.17, 15) is 8.42 Å². The average molecular weight is 211 g/mol. The molecular weight excluding hydrogens is 202 g/mol. The van der Waals surface area contributed by atoms with E-state index in [1.54, 1.807) is 24.4 Å². The number of nitriles is 1. The molecule has 5 nitrogen and oxygen atoms in total. The van der Waals surface area contributed by atoms with Crippen molar-refractivity contribution >= 4 is 15.8 Å². The van der Waals surface area contributed by atoms with Gasteiger partial charge in [0.25, 0.3) is 0 Å². The van der Waals surface area contributed by atoms with Crippen LogP contribution in [-0.4, -0.2) is 19.2 Å². The first-order valence-electron chi connectivity index (χ1n) is 3.83. The Morgan fingerprint density at radius 1 is 1.57 bits per heavy atom. The molecule has 1 heterocycles. The Balaban J connectivity index is 2.80. The summed E-state index contributed by atoms with van der Waals surface area (Å²) in [6, 6.07) is 4.84. The summed E-state index contributed by atoms with van der Waals surface area (Å²) in [7, 11) is -3.57. The summed E-state index contributed by atoms with van der Waals surface area (Å²) < 4.78 is 24.4. The molecule has 0 unspecified atom stereocenters. The number of sulfonamides is 1. The molecule has 1 rings (SSSR count). The molecule has 0 aromatic carbocycles. The van der Waals surface area contributed by atoms with Crippen molar-refractivity contribution in [1.29, 1.82) is 5.26 Å². The fourth-order valence-corrected chi connectivity index (χ4v) is 1.49. The van der Waals surface area contributed by atoms with Gasteiger partial charge in [-0.05, 0) is 18.6 Å². The highest BCUT2D eigenvalue weighted by atomic mass is 32.2. The largest absolute Gasteiger partial charge is 0.266 e. The van der Waals surface area contributed by atoms with E-state index in [0.29, 0.717) is 0 Å². The smallest absolute Gasteiger partial charge is 0.247 e. The van der Waals surface area contributed by atoms with E-state index in [4.69, 9.17) is 5.26 Å². The number of rotatable bonds is 3. The minimum Gasteiger partial charge on any atom is -0.266 e. The van der Waals surface area contributed by atoms with E-state index in [0.717, 1.165) is 5.56 Å². The lowest BCUT2D eigenvalue weighted by Crippen LogP contribution is -2.16. The third kappa shape index (κ3) is 3.03. The highest BCUT2D eigenvalue weighted by Gasteiger charge is 2.09. The van der Waals surface area contributed by atoms with Gasteiger partial charge in [-0.2, -0.15) is 5.26 Å². The lowest BCUT2D eigenvalue weighted by Gasteiger charge is -2.03. The topological polar surface area (TPSA) is 82.9 Å². The zero-order valence-corrected chi connectivity index (χ0v) is 8.37. The average Bonchev–Trinajstić information content (AvgIpc) is 2.08. The van der Waals surface area contributed by atoms with E-state index in [2.05, 4.69) is 9.71 Å². The maximum Gasteiger partial charge on any atom is 0.247 e. The number of hydrogen-bond acceptors (Lipinski definition) is 4. The molecule has 0 atom stereocenters. The Morgan fingerprint density at radius 2 is 2.29 bits per heavy atom. The second-order valence-corrected chi connectivity index (χ2v) is 4.46. The van der Waals surface area contributed by atoms with Crippen molar-refractivity contribution in [3.05, 3.63) is 23.9 Å². The Labute approximate surface area is 82.4 Å². The molecule has 0 aliphatic heterocycles. The van der Waals surface area contributed by atoms with Crippen LogP contribution in [0.25, 0.3) is 0 Å². The molecule has 0 fully saturated rings. The SMILES string of the molecule is Cc1ccc(NS(=O)(=O)CC#N)nc1. The minimum absolute atomic E-state index is 0.228. The van der Waals surface area contributed by atoms with Gasteiger partial charge in [-0.25, -0.2) is 13.4 Å². The van der Waals surface area contributed by atoms with E-state index in [1.807, 2.05) is 6.92 Å². The monoisotopic (exact) mass is 211 g/mol. The second kappa shape index (κ2) is 4.07. The van der Waals surface area contributed by atoms with Crippen molar-refractivity contribution in [2.45, 2.75) is 6.92 Å². The molecule has 0 saturated carbocycles. The molecule has 1 aromatic rings. The van der Waals surface area contributed by atoms with Crippen LogP contribution in [0.3, 0.4) is 0 Å². The Kier molecular flexibility index (Phi) is 3.04. The predicted octanol–water partition coefficient (Wildman–Crippen LogP) is 0.655. The minimum atomic E-state index is -3.57. The zero-order valence-electron chi connectivity index (χ0n) is 7.56. The Bertz CT molecular complexity index is 444. The van der Waals surface area contributed by atoms with Crippen LogP contribution in [0.5, 0.6) is 0 Å². The van der Waals surface area contributed by atoms with Crippen LogP contribution in [-0.2, 0) is 10.0 Å². The highest BCUT2D eigenvalue weighted by Crippen LogP contribution is 2.05. The number of anilines is 1. The van der Waals surface area contributed by atoms with Crippen molar-refractivity contribution in [3.63, 3.8) is 0 Å². The lowest BCUT2D eigenvalue weighted by atomic mass is 10.3. The molecule has 0 amide bonds. The summed E-state index contributed by atoms with van der Waals surface area (Å²) in [4.78, 5) is 3.85. The van der Waals surface area contributed by atoms with Gasteiger partial charge >= 0.3 is 0 Å². The number of nitrogens with zero attached hydrogens (tertiary/aromatic N) is 2. The quantitative estimate of drug-likeness (QED) is 0.795. The molecule has 1 N–H and O–H groups in total. The zero-order chi connectivity index (χ0) is 10.6. The van der Waals surface area contributed by atoms with Crippen LogP contribution in [0.1, 0.15) is 5.56 Å². The maximum absolute atomic E-state index is 11.1. The summed E-state index contributed by atoms with van der Waals surface area (Å²) in [6.45, 7) is 1.85. The number of pyridine rings is 1. The first kappa shape index (κ1) is 10.5.